The van der Waals surface area contributed by atoms with E-state index in [1.807, 2.05) is 30.3 Å². The zero-order valence-corrected chi connectivity index (χ0v) is 62.4. The lowest BCUT2D eigenvalue weighted by Gasteiger charge is -2.45. The van der Waals surface area contributed by atoms with Gasteiger partial charge in [0, 0.05) is 90.8 Å². The van der Waals surface area contributed by atoms with E-state index in [4.69, 9.17) is 17.2 Å². The number of aromatic amines is 2. The van der Waals surface area contributed by atoms with Crippen molar-refractivity contribution in [2.24, 2.45) is 34.0 Å². The molecule has 2 aliphatic heterocycles. The molecule has 108 heavy (non-hydrogen) atoms. The van der Waals surface area contributed by atoms with Crippen LogP contribution in [0.5, 0.6) is 0 Å². The Bertz CT molecular complexity index is 4360. The Kier molecular flexibility index (Phi) is 29.0. The number of likely N-dealkylation sites (N-methyl/N-ethyl adjacent to an activating group) is 1. The van der Waals surface area contributed by atoms with E-state index in [2.05, 4.69) is 82.5 Å². The van der Waals surface area contributed by atoms with Crippen molar-refractivity contribution in [1.82, 2.24) is 52.1 Å². The fourth-order valence-electron chi connectivity index (χ4n) is 15.6. The number of aliphatic hydroxyl groups is 1. The first-order valence-electron chi connectivity index (χ1n) is 37.9. The summed E-state index contributed by atoms with van der Waals surface area (Å²) >= 11 is 0. The van der Waals surface area contributed by atoms with Gasteiger partial charge in [0.25, 0.3) is 0 Å². The maximum absolute atomic E-state index is 15.4. The number of carbonyl (C=O) groups is 8. The average Bonchev–Trinajstić information content (AvgIpc) is 1.48. The smallest absolute Gasteiger partial charge is 0.245 e. The maximum atomic E-state index is 15.4. The molecule has 12 atom stereocenters. The quantitative estimate of drug-likeness (QED) is 0.0204. The van der Waals surface area contributed by atoms with E-state index in [-0.39, 0.29) is 125 Å². The summed E-state index contributed by atoms with van der Waals surface area (Å²) in [6.45, 7) is 2.22. The van der Waals surface area contributed by atoms with Crippen molar-refractivity contribution in [3.63, 3.8) is 0 Å². The molecule has 578 valence electrons. The lowest BCUT2D eigenvalue weighted by molar-refractivity contribution is -0.136. The number of Topliss-reactive ketones (excluding diaryl/α,β-unsaturated/α-hetero) is 1. The van der Waals surface area contributed by atoms with Gasteiger partial charge in [0.1, 0.15) is 42.1 Å². The van der Waals surface area contributed by atoms with E-state index in [1.54, 1.807) is 66.9 Å². The second-order valence-electron chi connectivity index (χ2n) is 29.5. The Balaban J connectivity index is 0.959. The molecule has 3 aliphatic rings. The van der Waals surface area contributed by atoms with Gasteiger partial charge in [0.15, 0.2) is 21.6 Å². The van der Waals surface area contributed by atoms with Gasteiger partial charge in [-0.1, -0.05) is 122 Å². The van der Waals surface area contributed by atoms with E-state index >= 15 is 24.0 Å². The number of aliphatic hydroxyl groups excluding tert-OH is 1. The third kappa shape index (κ3) is 22.6. The third-order valence-electron chi connectivity index (χ3n) is 21.2. The molecule has 7 amide bonds. The number of nitrogens with two attached hydrogens (primary N) is 3. The first-order chi connectivity index (χ1) is 52.0. The highest BCUT2D eigenvalue weighted by Crippen LogP contribution is 2.45. The first kappa shape index (κ1) is 80.7. The molecule has 0 bridgehead atoms. The Morgan fingerprint density at radius 3 is 1.80 bits per heavy atom. The molecule has 1 aliphatic carbocycles. The highest BCUT2D eigenvalue weighted by atomic mass is 32.2. The second-order valence-corrected chi connectivity index (χ2v) is 31.7. The molecule has 0 radical (unpaired) electrons. The van der Waals surface area contributed by atoms with Crippen molar-refractivity contribution in [3.05, 3.63) is 179 Å². The van der Waals surface area contributed by atoms with Crippen LogP contribution in [0.1, 0.15) is 136 Å². The van der Waals surface area contributed by atoms with Gasteiger partial charge >= 0.3 is 0 Å². The van der Waals surface area contributed by atoms with Crippen molar-refractivity contribution >= 4 is 84.7 Å². The number of sulfone groups is 1. The molecule has 5 aromatic carbocycles. The van der Waals surface area contributed by atoms with Gasteiger partial charge in [0.05, 0.1) is 23.7 Å². The lowest BCUT2D eigenvalue weighted by atomic mass is 9.73. The summed E-state index contributed by atoms with van der Waals surface area (Å²) in [6, 6.07) is 27.1. The number of carbonyl (C=O) groups excluding carboxylic acids is 8. The predicted octanol–water partition coefficient (Wildman–Crippen LogP) is 5.41. The molecule has 16 N–H and O–H groups in total. The number of nitrogens with one attached hydrogen (secondary N) is 9. The van der Waals surface area contributed by atoms with Gasteiger partial charge in [0.2, 0.25) is 41.4 Å². The number of hydrogen-bond donors (Lipinski definition) is 13. The number of H-pyrrole nitrogens is 2. The number of halogens is 1. The largest absolute Gasteiger partial charge is 0.391 e. The number of aliphatic imine (C=N–C) groups is 1. The van der Waals surface area contributed by atoms with Crippen LogP contribution >= 0.6 is 0 Å². The van der Waals surface area contributed by atoms with E-state index in [0.29, 0.717) is 60.9 Å². The number of rotatable bonds is 24. The van der Waals surface area contributed by atoms with Crippen molar-refractivity contribution in [3.8, 4) is 0 Å². The summed E-state index contributed by atoms with van der Waals surface area (Å²) in [7, 11) is -1.52. The molecule has 2 saturated heterocycles. The van der Waals surface area contributed by atoms with Crippen molar-refractivity contribution < 1.29 is 56.3 Å². The van der Waals surface area contributed by atoms with Crippen LogP contribution in [0, 0.1) is 17.7 Å². The molecule has 0 spiro atoms. The van der Waals surface area contributed by atoms with Crippen LogP contribution in [0.25, 0.3) is 21.8 Å². The Hall–Kier alpha value is -9.83. The molecule has 4 heterocycles. The molecule has 0 unspecified atom stereocenters. The normalized spacial score (nSPS) is 24.0. The number of unbranched alkanes of at least 4 members (excludes halogenated alkanes) is 2. The molecule has 2 fully saturated rings. The van der Waals surface area contributed by atoms with E-state index in [1.165, 1.54) is 47.7 Å². The number of para-hydroxylation sites is 1. The van der Waals surface area contributed by atoms with Crippen LogP contribution in [-0.4, -0.2) is 174 Å². The fourth-order valence-corrected chi connectivity index (χ4v) is 17.3. The topological polar surface area (TPSA) is 400 Å². The number of aromatic nitrogens is 2. The van der Waals surface area contributed by atoms with Gasteiger partial charge in [-0.3, -0.25) is 43.3 Å². The number of nitrogens with zero attached hydrogens (tertiary/aromatic N) is 2. The van der Waals surface area contributed by atoms with Crippen LogP contribution in [0.3, 0.4) is 0 Å². The molecule has 25 nitrogen and oxygen atoms in total. The van der Waals surface area contributed by atoms with E-state index < -0.39 is 117 Å². The van der Waals surface area contributed by atoms with Crippen molar-refractivity contribution in [2.45, 2.75) is 189 Å². The van der Waals surface area contributed by atoms with Crippen molar-refractivity contribution in [1.29, 1.82) is 0 Å². The van der Waals surface area contributed by atoms with Gasteiger partial charge in [-0.15, -0.1) is 0 Å². The Labute approximate surface area is 630 Å². The zero-order chi connectivity index (χ0) is 76.9. The molecule has 0 saturated carbocycles. The summed E-state index contributed by atoms with van der Waals surface area (Å²) in [4.78, 5) is 133. The minimum absolute atomic E-state index is 0.00813. The highest BCUT2D eigenvalue weighted by molar-refractivity contribution is 7.91. The Morgan fingerprint density at radius 1 is 0.583 bits per heavy atom. The Morgan fingerprint density at radius 2 is 1.14 bits per heavy atom. The van der Waals surface area contributed by atoms with Gasteiger partial charge < -0.3 is 74.4 Å². The third-order valence-corrected chi connectivity index (χ3v) is 23.1. The van der Waals surface area contributed by atoms with Gasteiger partial charge in [-0.25, -0.2) is 12.8 Å². The summed E-state index contributed by atoms with van der Waals surface area (Å²) in [5.41, 5.74) is 24.1. The number of amides is 7. The van der Waals surface area contributed by atoms with Gasteiger partial charge in [-0.05, 0) is 161 Å². The summed E-state index contributed by atoms with van der Waals surface area (Å²) in [5.74, 6) is -7.48. The molecule has 27 heteroatoms. The number of hydrogen-bond acceptors (Lipinski definition) is 14. The predicted molar refractivity (Wildman–Crippen MR) is 414 cm³/mol. The number of ketones is 1. The van der Waals surface area contributed by atoms with E-state index in [0.717, 1.165) is 29.3 Å². The minimum atomic E-state index is -3.59. The molecular formula is C81H105FN14O11S. The fraction of sp³-hybridized carbons (Fsp3) is 0.469. The minimum Gasteiger partial charge on any atom is -0.391 e. The summed E-state index contributed by atoms with van der Waals surface area (Å²) in [6.07, 6.45) is 6.29. The maximum Gasteiger partial charge on any atom is 0.245 e. The SMILES string of the molecule is C[C@@H](O)[C@@H]1NC(=O)[C@H](CCCCN)NC(=O)[C@@H](Cc2c[nH]c3ccccc23)NC(=O)[C@H](Cc2ccccc2)NC(=O)[C@H](Cc2ccccc2)NC(=O)[C@H](CCCN=C(N)N)NC(=O)[C@H](CCCCS(=O)(=O)C[C@@H]2C[C@@H]3c4cccc5[nH]cc(c45)C[C@H]3N(C)C2)CCCCCC(=O)[C@H](Cc2ccc(F)cc2)NC1=O. The highest BCUT2D eigenvalue weighted by Gasteiger charge is 2.42. The lowest BCUT2D eigenvalue weighted by Crippen LogP contribution is -2.61. The molecular weight excluding hydrogens is 1400 g/mol. The number of guanidine groups is 1. The zero-order valence-electron chi connectivity index (χ0n) is 61.6. The number of piperidine rings is 1. The first-order valence-corrected chi connectivity index (χ1v) is 39.8. The van der Waals surface area contributed by atoms with Crippen LogP contribution in [0.4, 0.5) is 4.39 Å². The number of benzene rings is 5. The van der Waals surface area contributed by atoms with Gasteiger partial charge in [-0.2, -0.15) is 0 Å². The second kappa shape index (κ2) is 38.8. The van der Waals surface area contributed by atoms with Crippen LogP contribution in [0.15, 0.2) is 145 Å². The summed E-state index contributed by atoms with van der Waals surface area (Å²) in [5, 5.41) is 33.2. The monoisotopic (exact) mass is 1500 g/mol. The molecule has 10 rings (SSSR count). The standard InChI is InChI=1S/C81H105FN14O11S/c1-50(97)73-80(105)91-66(41-53-33-35-58(82)36-34-53)71(98)32-11-5-10-24-55(25-15-17-39-108(106,107)49-54-40-61-60-27-18-30-63-72(60)57(47-88-63)45-70(61)96(2)48-54)74(99)89-65(31-19-38-86-81(84)85)75(100)92-67(42-51-20-6-3-7-21-51)77(102)93-68(43-52-22-8-4-9-23-52)78(103)94-69(44-56-46-87-62-28-13-12-26-59(56)62)79(104)90-64(76(101)95-73)29-14-16-37-83/h3-4,6-9,12-13,18,20-23,26-28,30,33-36,46-47,50,54-55,61,64-70,73,87-88,97H,5,10-11,14-17,19,24-25,29,31-32,37-45,48-49,83H2,1-2H3,(H,89,99)(H,90,104)(H,91,105)(H,92,100)(H,93,102)(H,94,103)(H,95,101)(H4,84,85,86)/t50-,54-,55+,61-,64+,65+,66+,67+,68+,69-,70-,73+/m1/s1. The van der Waals surface area contributed by atoms with Crippen LogP contribution in [0.2, 0.25) is 0 Å². The number of likely N-dealkylation sites (tertiary alicyclic amines) is 1. The van der Waals surface area contributed by atoms with Crippen LogP contribution < -0.4 is 54.4 Å². The average molecular weight is 1500 g/mol. The molecule has 7 aromatic rings. The van der Waals surface area contributed by atoms with Crippen molar-refractivity contribution in [2.75, 3.05) is 38.2 Å². The summed E-state index contributed by atoms with van der Waals surface area (Å²) < 4.78 is 42.7. The number of fused-ring (bicyclic) bond motifs is 3. The molecule has 2 aromatic heterocycles. The van der Waals surface area contributed by atoms with E-state index in [9.17, 15) is 32.3 Å². The van der Waals surface area contributed by atoms with Crippen LogP contribution in [-0.2, 0) is 80.3 Å².